The number of para-hydroxylation sites is 1. The van der Waals surface area contributed by atoms with E-state index in [1.165, 1.54) is 28.1 Å². The highest BCUT2D eigenvalue weighted by Gasteiger charge is 2.28. The summed E-state index contributed by atoms with van der Waals surface area (Å²) in [5, 5.41) is 6.23. The third kappa shape index (κ3) is 2.99. The first kappa shape index (κ1) is 18.8. The van der Waals surface area contributed by atoms with E-state index in [0.29, 0.717) is 0 Å². The predicted molar refractivity (Wildman–Crippen MR) is 131 cm³/mol. The van der Waals surface area contributed by atoms with Gasteiger partial charge in [-0.2, -0.15) is 5.10 Å². The highest BCUT2D eigenvalue weighted by atomic mass is 15.3. The Morgan fingerprint density at radius 3 is 2.16 bits per heavy atom. The lowest BCUT2D eigenvalue weighted by Crippen LogP contribution is -2.13. The molecule has 2 aromatic heterocycles. The molecule has 0 fully saturated rings. The van der Waals surface area contributed by atoms with E-state index in [2.05, 4.69) is 79.4 Å². The van der Waals surface area contributed by atoms with Crippen LogP contribution in [0.3, 0.4) is 0 Å². The zero-order chi connectivity index (χ0) is 21.7. The van der Waals surface area contributed by atoms with E-state index in [-0.39, 0.29) is 0 Å². The van der Waals surface area contributed by atoms with Crippen molar-refractivity contribution in [3.8, 4) is 16.9 Å². The van der Waals surface area contributed by atoms with Crippen LogP contribution in [0, 0.1) is 13.8 Å². The first-order valence-corrected chi connectivity index (χ1v) is 11.1. The van der Waals surface area contributed by atoms with Gasteiger partial charge in [-0.25, -0.2) is 9.67 Å². The van der Waals surface area contributed by atoms with Gasteiger partial charge in [0.25, 0.3) is 0 Å². The van der Waals surface area contributed by atoms with Crippen molar-refractivity contribution in [2.24, 2.45) is 0 Å². The molecular formula is C28H24N4. The molecule has 0 N–H and O–H groups in total. The minimum Gasteiger partial charge on any atom is -0.340 e. The number of nitrogens with zero attached hydrogens (tertiary/aromatic N) is 4. The summed E-state index contributed by atoms with van der Waals surface area (Å²) in [6.45, 7) is 5.19. The maximum absolute atomic E-state index is 5.11. The minimum atomic E-state index is 0.893. The van der Waals surface area contributed by atoms with Crippen LogP contribution in [-0.2, 0) is 6.42 Å². The Hall–Kier alpha value is -3.92. The number of fused-ring (bicyclic) bond motifs is 3. The van der Waals surface area contributed by atoms with Gasteiger partial charge >= 0.3 is 0 Å². The van der Waals surface area contributed by atoms with Crippen LogP contribution in [0.5, 0.6) is 0 Å². The largest absolute Gasteiger partial charge is 0.340 e. The van der Waals surface area contributed by atoms with Crippen molar-refractivity contribution in [3.05, 3.63) is 102 Å². The summed E-state index contributed by atoms with van der Waals surface area (Å²) in [7, 11) is 0. The Bertz CT molecular complexity index is 1420. The number of rotatable bonds is 3. The summed E-state index contributed by atoms with van der Waals surface area (Å²) >= 11 is 0. The number of hydrogen-bond acceptors (Lipinski definition) is 3. The second-order valence-electron chi connectivity index (χ2n) is 8.53. The monoisotopic (exact) mass is 416 g/mol. The van der Waals surface area contributed by atoms with Gasteiger partial charge in [0.05, 0.1) is 16.8 Å². The highest BCUT2D eigenvalue weighted by Crippen LogP contribution is 2.43. The standard InChI is InChI=1S/C28H24N4/c1-19-8-12-21(13-9-19)26-25-27-22(16-17-31(27)23-14-10-20(2)11-15-23)18-29-28(25)32(30-26)24-6-4-3-5-7-24/h3-15,18H,16-17H2,1-2H3. The fraction of sp³-hybridized carbons (Fsp3) is 0.143. The van der Waals surface area contributed by atoms with Gasteiger partial charge in [0.2, 0.25) is 0 Å². The third-order valence-electron chi connectivity index (χ3n) is 6.29. The highest BCUT2D eigenvalue weighted by molar-refractivity contribution is 6.04. The SMILES string of the molecule is Cc1ccc(-c2nn(-c3ccccc3)c3ncc4c(c23)N(c2ccc(C)cc2)CC4)cc1. The van der Waals surface area contributed by atoms with Gasteiger partial charge in [0, 0.05) is 24.0 Å². The number of hydrogen-bond donors (Lipinski definition) is 0. The molecule has 3 aromatic carbocycles. The fourth-order valence-electron chi connectivity index (χ4n) is 4.59. The molecule has 0 saturated heterocycles. The average Bonchev–Trinajstić information content (AvgIpc) is 3.42. The van der Waals surface area contributed by atoms with E-state index in [4.69, 9.17) is 10.1 Å². The van der Waals surface area contributed by atoms with E-state index >= 15 is 0 Å². The molecule has 5 aromatic rings. The summed E-state index contributed by atoms with van der Waals surface area (Å²) in [4.78, 5) is 7.33. The number of anilines is 2. The second-order valence-corrected chi connectivity index (χ2v) is 8.53. The molecule has 156 valence electrons. The van der Waals surface area contributed by atoms with Crippen molar-refractivity contribution < 1.29 is 0 Å². The van der Waals surface area contributed by atoms with E-state index in [1.54, 1.807) is 0 Å². The zero-order valence-corrected chi connectivity index (χ0v) is 18.3. The third-order valence-corrected chi connectivity index (χ3v) is 6.29. The molecule has 4 heteroatoms. The molecule has 0 amide bonds. The molecule has 0 atom stereocenters. The summed E-state index contributed by atoms with van der Waals surface area (Å²) in [5.41, 5.74) is 10.2. The Morgan fingerprint density at radius 1 is 0.750 bits per heavy atom. The minimum absolute atomic E-state index is 0.893. The van der Waals surface area contributed by atoms with Crippen molar-refractivity contribution in [3.63, 3.8) is 0 Å². The number of benzene rings is 3. The molecule has 0 aliphatic carbocycles. The fourth-order valence-corrected chi connectivity index (χ4v) is 4.59. The van der Waals surface area contributed by atoms with E-state index in [1.807, 2.05) is 29.1 Å². The van der Waals surface area contributed by atoms with Crippen LogP contribution in [0.2, 0.25) is 0 Å². The molecule has 0 bridgehead atoms. The van der Waals surface area contributed by atoms with Gasteiger partial charge in [-0.1, -0.05) is 65.7 Å². The number of aromatic nitrogens is 3. The van der Waals surface area contributed by atoms with Crippen LogP contribution in [0.4, 0.5) is 11.4 Å². The molecule has 32 heavy (non-hydrogen) atoms. The quantitative estimate of drug-likeness (QED) is 0.341. The van der Waals surface area contributed by atoms with E-state index in [0.717, 1.165) is 40.9 Å². The van der Waals surface area contributed by atoms with Crippen molar-refractivity contribution in [2.45, 2.75) is 20.3 Å². The molecule has 0 unspecified atom stereocenters. The maximum Gasteiger partial charge on any atom is 0.165 e. The van der Waals surface area contributed by atoms with Gasteiger partial charge < -0.3 is 4.90 Å². The normalized spacial score (nSPS) is 13.0. The summed E-state index contributed by atoms with van der Waals surface area (Å²) in [6, 6.07) is 27.7. The maximum atomic E-state index is 5.11. The number of pyridine rings is 1. The molecule has 0 saturated carbocycles. The zero-order valence-electron chi connectivity index (χ0n) is 18.3. The van der Waals surface area contributed by atoms with E-state index < -0.39 is 0 Å². The molecule has 1 aliphatic rings. The molecular weight excluding hydrogens is 392 g/mol. The molecule has 1 aliphatic heterocycles. The van der Waals surface area contributed by atoms with Crippen molar-refractivity contribution in [2.75, 3.05) is 11.4 Å². The smallest absolute Gasteiger partial charge is 0.165 e. The van der Waals surface area contributed by atoms with Crippen molar-refractivity contribution >= 4 is 22.4 Å². The second kappa shape index (κ2) is 7.34. The Labute approximate surface area is 187 Å². The van der Waals surface area contributed by atoms with Gasteiger partial charge in [-0.3, -0.25) is 0 Å². The molecule has 6 rings (SSSR count). The first-order valence-electron chi connectivity index (χ1n) is 11.1. The van der Waals surface area contributed by atoms with Crippen LogP contribution in [-0.4, -0.2) is 21.3 Å². The van der Waals surface area contributed by atoms with Crippen LogP contribution in [0.25, 0.3) is 28.0 Å². The van der Waals surface area contributed by atoms with Gasteiger partial charge in [0.15, 0.2) is 5.65 Å². The molecule has 3 heterocycles. The predicted octanol–water partition coefficient (Wildman–Crippen LogP) is 6.40. The van der Waals surface area contributed by atoms with Gasteiger partial charge in [0.1, 0.15) is 5.69 Å². The summed E-state index contributed by atoms with van der Waals surface area (Å²) in [5.74, 6) is 0. The molecule has 0 radical (unpaired) electrons. The van der Waals surface area contributed by atoms with Crippen molar-refractivity contribution in [1.82, 2.24) is 14.8 Å². The van der Waals surface area contributed by atoms with E-state index in [9.17, 15) is 0 Å². The van der Waals surface area contributed by atoms with Gasteiger partial charge in [-0.05, 0) is 50.1 Å². The molecule has 4 nitrogen and oxygen atoms in total. The molecule has 0 spiro atoms. The Balaban J connectivity index is 1.65. The summed E-state index contributed by atoms with van der Waals surface area (Å²) < 4.78 is 1.98. The Kier molecular flexibility index (Phi) is 4.32. The lowest BCUT2D eigenvalue weighted by molar-refractivity contribution is 0.900. The van der Waals surface area contributed by atoms with Crippen LogP contribution < -0.4 is 4.90 Å². The lowest BCUT2D eigenvalue weighted by atomic mass is 10.0. The van der Waals surface area contributed by atoms with Crippen LogP contribution in [0.1, 0.15) is 16.7 Å². The first-order chi connectivity index (χ1) is 15.7. The number of aryl methyl sites for hydroxylation is 2. The van der Waals surface area contributed by atoms with Crippen LogP contribution in [0.15, 0.2) is 85.1 Å². The van der Waals surface area contributed by atoms with Crippen molar-refractivity contribution in [1.29, 1.82) is 0 Å². The topological polar surface area (TPSA) is 34.0 Å². The Morgan fingerprint density at radius 2 is 1.44 bits per heavy atom. The average molecular weight is 417 g/mol. The van der Waals surface area contributed by atoms with Gasteiger partial charge in [-0.15, -0.1) is 0 Å². The lowest BCUT2D eigenvalue weighted by Gasteiger charge is -2.21. The van der Waals surface area contributed by atoms with Crippen LogP contribution >= 0.6 is 0 Å². The summed E-state index contributed by atoms with van der Waals surface area (Å²) in [6.07, 6.45) is 3.02.